The molecule has 0 aromatic carbocycles. The quantitative estimate of drug-likeness (QED) is 0.750. The van der Waals surface area contributed by atoms with Gasteiger partial charge in [-0.25, -0.2) is 15.0 Å². The van der Waals surface area contributed by atoms with Gasteiger partial charge in [0.05, 0.1) is 19.0 Å². The minimum Gasteiger partial charge on any atom is -0.395 e. The maximum Gasteiger partial charge on any atom is 0.165 e. The van der Waals surface area contributed by atoms with Crippen molar-refractivity contribution in [3.63, 3.8) is 0 Å². The number of aliphatic hydroxyl groups excluding tert-OH is 1. The largest absolute Gasteiger partial charge is 0.395 e. The van der Waals surface area contributed by atoms with Crippen LogP contribution in [0.5, 0.6) is 0 Å². The first kappa shape index (κ1) is 10.0. The number of nitrogens with two attached hydrogens (primary N) is 1. The zero-order valence-corrected chi connectivity index (χ0v) is 9.69. The molecule has 4 rings (SSSR count). The van der Waals surface area contributed by atoms with E-state index in [9.17, 15) is 5.11 Å². The zero-order chi connectivity index (χ0) is 12.3. The molecule has 1 fully saturated rings. The van der Waals surface area contributed by atoms with Crippen molar-refractivity contribution in [1.82, 2.24) is 19.5 Å². The Balaban J connectivity index is 1.81. The normalized spacial score (nSPS) is 32.9. The van der Waals surface area contributed by atoms with Gasteiger partial charge in [0.25, 0.3) is 0 Å². The van der Waals surface area contributed by atoms with Crippen molar-refractivity contribution in [2.75, 3.05) is 12.3 Å². The van der Waals surface area contributed by atoms with Crippen LogP contribution in [-0.4, -0.2) is 31.2 Å². The number of rotatable bonds is 2. The smallest absolute Gasteiger partial charge is 0.165 e. The summed E-state index contributed by atoms with van der Waals surface area (Å²) in [5.41, 5.74) is 7.19. The van der Waals surface area contributed by atoms with E-state index in [-0.39, 0.29) is 18.1 Å². The molecule has 2 aromatic rings. The summed E-state index contributed by atoms with van der Waals surface area (Å²) in [5.74, 6) is 0.862. The minimum absolute atomic E-state index is 0.000164. The number of hydrogen-bond donors (Lipinski definition) is 2. The summed E-state index contributed by atoms with van der Waals surface area (Å²) in [6.07, 6.45) is 8.50. The summed E-state index contributed by atoms with van der Waals surface area (Å²) in [5, 5.41) is 9.42. The molecule has 1 unspecified atom stereocenters. The lowest BCUT2D eigenvalue weighted by molar-refractivity contribution is 0.230. The second-order valence-electron chi connectivity index (χ2n) is 5.13. The fraction of sp³-hybridized carbons (Fsp3) is 0.417. The van der Waals surface area contributed by atoms with Crippen molar-refractivity contribution >= 4 is 17.0 Å². The van der Waals surface area contributed by atoms with Crippen LogP contribution in [0.15, 0.2) is 24.8 Å². The molecule has 3 atom stereocenters. The summed E-state index contributed by atoms with van der Waals surface area (Å²) in [7, 11) is 0. The average molecular weight is 243 g/mol. The Labute approximate surface area is 103 Å². The van der Waals surface area contributed by atoms with Crippen molar-refractivity contribution < 1.29 is 5.11 Å². The van der Waals surface area contributed by atoms with Crippen molar-refractivity contribution in [2.24, 2.45) is 11.3 Å². The predicted molar refractivity (Wildman–Crippen MR) is 65.5 cm³/mol. The van der Waals surface area contributed by atoms with Crippen LogP contribution in [0.3, 0.4) is 0 Å². The lowest BCUT2D eigenvalue weighted by Gasteiger charge is -2.12. The molecule has 0 spiro atoms. The fourth-order valence-electron chi connectivity index (χ4n) is 3.04. The molecule has 0 bridgehead atoms. The summed E-state index contributed by atoms with van der Waals surface area (Å²) in [4.78, 5) is 12.5. The number of nitrogens with zero attached hydrogens (tertiary/aromatic N) is 4. The van der Waals surface area contributed by atoms with Crippen LogP contribution < -0.4 is 5.73 Å². The molecular weight excluding hydrogens is 230 g/mol. The monoisotopic (exact) mass is 243 g/mol. The Hall–Kier alpha value is -1.95. The number of aliphatic hydroxyl groups is 1. The number of imidazole rings is 1. The van der Waals surface area contributed by atoms with E-state index < -0.39 is 0 Å². The molecule has 0 saturated heterocycles. The van der Waals surface area contributed by atoms with Gasteiger partial charge < -0.3 is 15.4 Å². The molecule has 6 heteroatoms. The first-order chi connectivity index (χ1) is 8.75. The molecule has 0 radical (unpaired) electrons. The Kier molecular flexibility index (Phi) is 1.71. The molecule has 2 aromatic heterocycles. The molecular formula is C12H13N5O. The van der Waals surface area contributed by atoms with Crippen LogP contribution in [-0.2, 0) is 0 Å². The van der Waals surface area contributed by atoms with E-state index >= 15 is 0 Å². The molecule has 0 aliphatic heterocycles. The average Bonchev–Trinajstić information content (AvgIpc) is 2.78. The lowest BCUT2D eigenvalue weighted by atomic mass is 10.1. The molecule has 0 amide bonds. The topological polar surface area (TPSA) is 89.9 Å². The van der Waals surface area contributed by atoms with Gasteiger partial charge in [0.15, 0.2) is 11.5 Å². The summed E-state index contributed by atoms with van der Waals surface area (Å²) < 4.78 is 2.03. The highest BCUT2D eigenvalue weighted by Gasteiger charge is 2.59. The van der Waals surface area contributed by atoms with Gasteiger partial charge in [-0.2, -0.15) is 0 Å². The van der Waals surface area contributed by atoms with Crippen LogP contribution in [0, 0.1) is 11.3 Å². The highest BCUT2D eigenvalue weighted by molar-refractivity contribution is 5.81. The van der Waals surface area contributed by atoms with Gasteiger partial charge in [0.2, 0.25) is 0 Å². The molecule has 18 heavy (non-hydrogen) atoms. The van der Waals surface area contributed by atoms with Crippen LogP contribution >= 0.6 is 0 Å². The van der Waals surface area contributed by atoms with Gasteiger partial charge >= 0.3 is 0 Å². The minimum atomic E-state index is -0.000164. The van der Waals surface area contributed by atoms with Gasteiger partial charge in [-0.3, -0.25) is 0 Å². The third-order valence-electron chi connectivity index (χ3n) is 4.22. The first-order valence-corrected chi connectivity index (χ1v) is 5.98. The highest BCUT2D eigenvalue weighted by atomic mass is 16.3. The second kappa shape index (κ2) is 3.08. The molecule has 1 saturated carbocycles. The van der Waals surface area contributed by atoms with Crippen LogP contribution in [0.25, 0.3) is 11.2 Å². The van der Waals surface area contributed by atoms with Gasteiger partial charge in [-0.1, -0.05) is 12.2 Å². The van der Waals surface area contributed by atoms with Gasteiger partial charge in [-0.05, 0) is 12.3 Å². The number of allylic oxidation sites excluding steroid dienone is 1. The standard InChI is InChI=1S/C12H13N5O/c13-10-9-11(15-5-14-10)17(6-16-9)8-1-2-12(4-18)3-7(8)12/h1-2,5-8,18H,3-4H2,(H2,13,14,15)/t7-,8+,12?/m0/s1. The van der Waals surface area contributed by atoms with Gasteiger partial charge in [0.1, 0.15) is 11.8 Å². The van der Waals surface area contributed by atoms with E-state index in [1.165, 1.54) is 6.33 Å². The highest BCUT2D eigenvalue weighted by Crippen LogP contribution is 2.63. The number of anilines is 1. The van der Waals surface area contributed by atoms with E-state index in [4.69, 9.17) is 5.73 Å². The molecule has 2 aliphatic carbocycles. The lowest BCUT2D eigenvalue weighted by Crippen LogP contribution is -2.10. The second-order valence-corrected chi connectivity index (χ2v) is 5.13. The third-order valence-corrected chi connectivity index (χ3v) is 4.22. The SMILES string of the molecule is Nc1ncnc2c1ncn2[C@@H]1C=CC2(CO)C[C@@H]12. The molecule has 3 N–H and O–H groups in total. The maximum absolute atomic E-state index is 9.42. The van der Waals surface area contributed by atoms with Gasteiger partial charge in [-0.15, -0.1) is 0 Å². The molecule has 6 nitrogen and oxygen atoms in total. The maximum atomic E-state index is 9.42. The molecule has 2 aliphatic rings. The van der Waals surface area contributed by atoms with Crippen LogP contribution in [0.1, 0.15) is 12.5 Å². The van der Waals surface area contributed by atoms with E-state index in [2.05, 4.69) is 27.1 Å². The summed E-state index contributed by atoms with van der Waals surface area (Å²) >= 11 is 0. The van der Waals surface area contributed by atoms with Gasteiger partial charge in [0, 0.05) is 5.41 Å². The number of nitrogen functional groups attached to an aromatic ring is 1. The van der Waals surface area contributed by atoms with Crippen molar-refractivity contribution in [1.29, 1.82) is 0 Å². The number of hydrogen-bond acceptors (Lipinski definition) is 5. The Morgan fingerprint density at radius 3 is 3.06 bits per heavy atom. The zero-order valence-electron chi connectivity index (χ0n) is 9.69. The third kappa shape index (κ3) is 1.08. The Bertz CT molecular complexity index is 664. The summed E-state index contributed by atoms with van der Waals surface area (Å²) in [6.45, 7) is 0.217. The van der Waals surface area contributed by atoms with Crippen LogP contribution in [0.2, 0.25) is 0 Å². The molecule has 92 valence electrons. The van der Waals surface area contributed by atoms with E-state index in [0.29, 0.717) is 17.3 Å². The summed E-state index contributed by atoms with van der Waals surface area (Å²) in [6, 6.07) is 0.219. The Morgan fingerprint density at radius 1 is 1.44 bits per heavy atom. The van der Waals surface area contributed by atoms with Crippen molar-refractivity contribution in [3.05, 3.63) is 24.8 Å². The van der Waals surface area contributed by atoms with E-state index in [1.807, 2.05) is 4.57 Å². The Morgan fingerprint density at radius 2 is 2.33 bits per heavy atom. The van der Waals surface area contributed by atoms with Crippen molar-refractivity contribution in [3.8, 4) is 0 Å². The van der Waals surface area contributed by atoms with Crippen molar-refractivity contribution in [2.45, 2.75) is 12.5 Å². The van der Waals surface area contributed by atoms with E-state index in [0.717, 1.165) is 12.1 Å². The molecule has 2 heterocycles. The van der Waals surface area contributed by atoms with E-state index in [1.54, 1.807) is 6.33 Å². The predicted octanol–water partition coefficient (Wildman–Crippen LogP) is 0.518. The van der Waals surface area contributed by atoms with Crippen LogP contribution in [0.4, 0.5) is 5.82 Å². The number of fused-ring (bicyclic) bond motifs is 2. The number of aromatic nitrogens is 4. The first-order valence-electron chi connectivity index (χ1n) is 5.98. The fourth-order valence-corrected chi connectivity index (χ4v) is 3.04.